The maximum absolute atomic E-state index is 7.88. The molecule has 0 heterocycles. The predicted octanol–water partition coefficient (Wildman–Crippen LogP) is 1.11. The summed E-state index contributed by atoms with van der Waals surface area (Å²) in [7, 11) is 0. The number of aliphatic imine (C=N–C) groups is 1. The van der Waals surface area contributed by atoms with Gasteiger partial charge in [0.1, 0.15) is 0 Å². The molecule has 2 heteroatoms. The summed E-state index contributed by atoms with van der Waals surface area (Å²) in [4.78, 5) is 3.35. The van der Waals surface area contributed by atoms with Gasteiger partial charge in [0.15, 0.2) is 0 Å². The average Bonchev–Trinajstić information content (AvgIpc) is 1.68. The van der Waals surface area contributed by atoms with Gasteiger partial charge in [0.05, 0.1) is 0 Å². The zero-order valence-corrected chi connectivity index (χ0v) is 4.18. The molecule has 0 unspecified atom stereocenters. The van der Waals surface area contributed by atoms with Crippen LogP contribution in [0.15, 0.2) is 17.6 Å². The van der Waals surface area contributed by atoms with Gasteiger partial charge in [0.25, 0.3) is 0 Å². The highest BCUT2D eigenvalue weighted by Crippen LogP contribution is 1.73. The summed E-state index contributed by atoms with van der Waals surface area (Å²) < 4.78 is 0. The summed E-state index contributed by atoms with van der Waals surface area (Å²) in [6, 6.07) is 0. The van der Waals surface area contributed by atoms with Gasteiger partial charge in [0, 0.05) is 5.71 Å². The van der Waals surface area contributed by atoms with Crippen molar-refractivity contribution in [3.05, 3.63) is 12.7 Å². The topological polar surface area (TPSA) is 36.1 Å². The van der Waals surface area contributed by atoms with Gasteiger partial charge in [-0.15, -0.1) is 0 Å². The third kappa shape index (κ3) is 2.71. The van der Waals surface area contributed by atoms with E-state index < -0.39 is 0 Å². The largest absolute Gasteiger partial charge is 0.205 e. The van der Waals surface area contributed by atoms with Gasteiger partial charge in [-0.25, -0.2) is 0 Å². The number of hydrogen-bond acceptors (Lipinski definition) is 2. The van der Waals surface area contributed by atoms with E-state index in [-0.39, 0.29) is 0 Å². The highest BCUT2D eigenvalue weighted by Gasteiger charge is 1.73. The van der Waals surface area contributed by atoms with Crippen molar-refractivity contribution < 1.29 is 0 Å². The van der Waals surface area contributed by atoms with E-state index in [1.54, 1.807) is 13.1 Å². The molecule has 0 aliphatic heterocycles. The Morgan fingerprint density at radius 2 is 2.57 bits per heavy atom. The van der Waals surface area contributed by atoms with Gasteiger partial charge in [-0.05, 0) is 13.0 Å². The molecule has 0 saturated carbocycles. The van der Waals surface area contributed by atoms with Crippen LogP contribution in [0.25, 0.3) is 0 Å². The van der Waals surface area contributed by atoms with Crippen LogP contribution in [0.4, 0.5) is 0 Å². The first-order valence-corrected chi connectivity index (χ1v) is 1.87. The fourth-order valence-corrected chi connectivity index (χ4v) is 0.125. The van der Waals surface area contributed by atoms with Crippen molar-refractivity contribution in [3.63, 3.8) is 0 Å². The standard InChI is InChI=1S/C5H6N2/c1-3-5(2)7-4-6/h3H,1H2,2H3. The maximum Gasteiger partial charge on any atom is 0.205 e. The Balaban J connectivity index is 3.80. The maximum atomic E-state index is 7.88. The fraction of sp³-hybridized carbons (Fsp3) is 0.200. The van der Waals surface area contributed by atoms with E-state index in [2.05, 4.69) is 11.6 Å². The van der Waals surface area contributed by atoms with E-state index in [1.165, 1.54) is 6.08 Å². The first-order chi connectivity index (χ1) is 3.31. The van der Waals surface area contributed by atoms with Crippen LogP contribution in [0.3, 0.4) is 0 Å². The van der Waals surface area contributed by atoms with Gasteiger partial charge in [-0.2, -0.15) is 10.3 Å². The number of hydrogen-bond donors (Lipinski definition) is 0. The number of rotatable bonds is 1. The van der Waals surface area contributed by atoms with E-state index in [9.17, 15) is 0 Å². The Labute approximate surface area is 42.8 Å². The van der Waals surface area contributed by atoms with E-state index >= 15 is 0 Å². The third-order valence-corrected chi connectivity index (χ3v) is 0.522. The van der Waals surface area contributed by atoms with Crippen molar-refractivity contribution in [3.8, 4) is 6.19 Å². The van der Waals surface area contributed by atoms with Crippen LogP contribution < -0.4 is 0 Å². The van der Waals surface area contributed by atoms with Crippen molar-refractivity contribution in [2.24, 2.45) is 4.99 Å². The van der Waals surface area contributed by atoms with Crippen LogP contribution >= 0.6 is 0 Å². The van der Waals surface area contributed by atoms with Crippen LogP contribution in [0.5, 0.6) is 0 Å². The Morgan fingerprint density at radius 1 is 2.00 bits per heavy atom. The van der Waals surface area contributed by atoms with Gasteiger partial charge in [-0.3, -0.25) is 0 Å². The summed E-state index contributed by atoms with van der Waals surface area (Å²) in [6.45, 7) is 5.12. The average molecular weight is 94.1 g/mol. The minimum absolute atomic E-state index is 0.655. The molecule has 0 aliphatic rings. The molecule has 0 spiro atoms. The second-order valence-corrected chi connectivity index (χ2v) is 1.06. The van der Waals surface area contributed by atoms with Crippen LogP contribution in [-0.4, -0.2) is 5.71 Å². The van der Waals surface area contributed by atoms with Crippen LogP contribution in [-0.2, 0) is 0 Å². The van der Waals surface area contributed by atoms with Gasteiger partial charge >= 0.3 is 0 Å². The second-order valence-electron chi connectivity index (χ2n) is 1.06. The molecule has 0 amide bonds. The summed E-state index contributed by atoms with van der Waals surface area (Å²) in [5.41, 5.74) is 0.655. The Bertz CT molecular complexity index is 128. The Kier molecular flexibility index (Phi) is 2.62. The lowest BCUT2D eigenvalue weighted by Crippen LogP contribution is -1.77. The van der Waals surface area contributed by atoms with Crippen LogP contribution in [0, 0.1) is 11.5 Å². The normalized spacial score (nSPS) is 10.0. The highest BCUT2D eigenvalue weighted by molar-refractivity contribution is 5.92. The minimum Gasteiger partial charge on any atom is -0.179 e. The molecule has 0 rings (SSSR count). The predicted molar refractivity (Wildman–Crippen MR) is 28.9 cm³/mol. The molecule has 0 fully saturated rings. The SMILES string of the molecule is C=CC(C)=NC#N. The van der Waals surface area contributed by atoms with E-state index in [0.29, 0.717) is 5.71 Å². The first-order valence-electron chi connectivity index (χ1n) is 1.87. The highest BCUT2D eigenvalue weighted by atomic mass is 14.7. The van der Waals surface area contributed by atoms with E-state index in [1.807, 2.05) is 0 Å². The molecule has 0 aromatic rings. The molecule has 0 aromatic carbocycles. The van der Waals surface area contributed by atoms with Gasteiger partial charge in [-0.1, -0.05) is 6.58 Å². The molecule has 7 heavy (non-hydrogen) atoms. The molecule has 0 saturated heterocycles. The summed E-state index contributed by atoms with van der Waals surface area (Å²) in [5.74, 6) is 0. The zero-order valence-electron chi connectivity index (χ0n) is 4.18. The quantitative estimate of drug-likeness (QED) is 0.354. The second kappa shape index (κ2) is 3.10. The summed E-state index contributed by atoms with van der Waals surface area (Å²) in [6.07, 6.45) is 3.17. The smallest absolute Gasteiger partial charge is 0.179 e. The Hall–Kier alpha value is -1.10. The lowest BCUT2D eigenvalue weighted by molar-refractivity contribution is 1.43. The molecular formula is C5H6N2. The molecule has 0 atom stereocenters. The van der Waals surface area contributed by atoms with Crippen LogP contribution in [0.1, 0.15) is 6.92 Å². The number of allylic oxidation sites excluding steroid dienone is 1. The molecule has 0 aromatic heterocycles. The van der Waals surface area contributed by atoms with E-state index in [4.69, 9.17) is 5.26 Å². The third-order valence-electron chi connectivity index (χ3n) is 0.522. The molecule has 36 valence electrons. The molecule has 2 nitrogen and oxygen atoms in total. The van der Waals surface area contributed by atoms with Crippen molar-refractivity contribution in [1.29, 1.82) is 5.26 Å². The van der Waals surface area contributed by atoms with E-state index in [0.717, 1.165) is 0 Å². The lowest BCUT2D eigenvalue weighted by Gasteiger charge is -1.75. The van der Waals surface area contributed by atoms with Crippen LogP contribution in [0.2, 0.25) is 0 Å². The van der Waals surface area contributed by atoms with Gasteiger partial charge in [0.2, 0.25) is 6.19 Å². The molecular weight excluding hydrogens is 88.1 g/mol. The lowest BCUT2D eigenvalue weighted by atomic mass is 10.4. The van der Waals surface area contributed by atoms with Gasteiger partial charge < -0.3 is 0 Å². The van der Waals surface area contributed by atoms with Crippen molar-refractivity contribution in [2.45, 2.75) is 6.92 Å². The first kappa shape index (κ1) is 5.90. The summed E-state index contributed by atoms with van der Waals surface area (Å²) >= 11 is 0. The summed E-state index contributed by atoms with van der Waals surface area (Å²) in [5, 5.41) is 7.88. The molecule has 0 radical (unpaired) electrons. The van der Waals surface area contributed by atoms with Crippen molar-refractivity contribution in [1.82, 2.24) is 0 Å². The Morgan fingerprint density at radius 3 is 2.71 bits per heavy atom. The monoisotopic (exact) mass is 94.1 g/mol. The molecule has 0 aliphatic carbocycles. The molecule has 0 bridgehead atoms. The fourth-order valence-electron chi connectivity index (χ4n) is 0.125. The molecule has 0 N–H and O–H groups in total. The number of nitriles is 1. The van der Waals surface area contributed by atoms with Crippen molar-refractivity contribution >= 4 is 5.71 Å². The van der Waals surface area contributed by atoms with Crippen molar-refractivity contribution in [2.75, 3.05) is 0 Å². The number of nitrogens with zero attached hydrogens (tertiary/aromatic N) is 2. The zero-order chi connectivity index (χ0) is 5.70. The minimum atomic E-state index is 0.655.